The summed E-state index contributed by atoms with van der Waals surface area (Å²) in [4.78, 5) is 0. The Hall–Kier alpha value is -1.18. The van der Waals surface area contributed by atoms with E-state index in [1.54, 1.807) is 0 Å². The maximum Gasteiger partial charge on any atom is 0.119 e. The molecule has 0 N–H and O–H groups in total. The molecular weight excluding hydrogens is 236 g/mol. The van der Waals surface area contributed by atoms with Gasteiger partial charge < -0.3 is 9.47 Å². The Bertz CT molecular complexity index is 317. The summed E-state index contributed by atoms with van der Waals surface area (Å²) in [5.41, 5.74) is 0. The van der Waals surface area contributed by atoms with Crippen LogP contribution < -0.4 is 9.47 Å². The zero-order valence-electron chi connectivity index (χ0n) is 12.7. The predicted octanol–water partition coefficient (Wildman–Crippen LogP) is 5.07. The summed E-state index contributed by atoms with van der Waals surface area (Å²) < 4.78 is 11.3. The Morgan fingerprint density at radius 3 is 1.84 bits per heavy atom. The molecule has 0 aliphatic carbocycles. The fourth-order valence-electron chi connectivity index (χ4n) is 1.81. The van der Waals surface area contributed by atoms with E-state index >= 15 is 0 Å². The van der Waals surface area contributed by atoms with Crippen LogP contribution >= 0.6 is 0 Å². The Kier molecular flexibility index (Phi) is 8.11. The Balaban J connectivity index is 2.17. The molecule has 0 aromatic heterocycles. The van der Waals surface area contributed by atoms with Crippen LogP contribution in [0, 0.1) is 5.92 Å². The van der Waals surface area contributed by atoms with Crippen LogP contribution in [-0.4, -0.2) is 13.2 Å². The molecule has 0 spiro atoms. The molecule has 1 rings (SSSR count). The van der Waals surface area contributed by atoms with E-state index in [2.05, 4.69) is 20.8 Å². The highest BCUT2D eigenvalue weighted by Gasteiger charge is 1.98. The lowest BCUT2D eigenvalue weighted by Crippen LogP contribution is -1.99. The van der Waals surface area contributed by atoms with E-state index in [0.29, 0.717) is 0 Å². The van der Waals surface area contributed by atoms with Crippen LogP contribution in [0.4, 0.5) is 0 Å². The summed E-state index contributed by atoms with van der Waals surface area (Å²) in [6.07, 6.45) is 5.93. The van der Waals surface area contributed by atoms with Gasteiger partial charge in [0.2, 0.25) is 0 Å². The second-order valence-electron chi connectivity index (χ2n) is 5.41. The van der Waals surface area contributed by atoms with Crippen LogP contribution in [0.15, 0.2) is 24.3 Å². The van der Waals surface area contributed by atoms with Crippen LogP contribution in [0.1, 0.15) is 52.9 Å². The normalized spacial score (nSPS) is 10.7. The molecule has 0 saturated carbocycles. The van der Waals surface area contributed by atoms with Gasteiger partial charge in [0, 0.05) is 0 Å². The molecule has 0 heterocycles. The third-order valence-electron chi connectivity index (χ3n) is 3.03. The van der Waals surface area contributed by atoms with Gasteiger partial charge in [0.15, 0.2) is 0 Å². The second-order valence-corrected chi connectivity index (χ2v) is 5.41. The van der Waals surface area contributed by atoms with Crippen molar-refractivity contribution in [1.29, 1.82) is 0 Å². The molecule has 2 nitrogen and oxygen atoms in total. The molecule has 0 saturated heterocycles. The maximum atomic E-state index is 5.71. The van der Waals surface area contributed by atoms with Gasteiger partial charge in [-0.05, 0) is 49.4 Å². The van der Waals surface area contributed by atoms with Crippen LogP contribution in [0.3, 0.4) is 0 Å². The standard InChI is InChI=1S/C17H28O2/c1-4-5-13-18-16-9-11-17(12-10-16)19-14-7-6-8-15(2)3/h9-12,15H,4-8,13-14H2,1-3H3. The van der Waals surface area contributed by atoms with Crippen LogP contribution in [0.2, 0.25) is 0 Å². The fraction of sp³-hybridized carbons (Fsp3) is 0.647. The molecule has 0 atom stereocenters. The van der Waals surface area contributed by atoms with Gasteiger partial charge >= 0.3 is 0 Å². The number of hydrogen-bond acceptors (Lipinski definition) is 2. The van der Waals surface area contributed by atoms with Crippen molar-refractivity contribution < 1.29 is 9.47 Å². The summed E-state index contributed by atoms with van der Waals surface area (Å²) >= 11 is 0. The van der Waals surface area contributed by atoms with E-state index in [9.17, 15) is 0 Å². The fourth-order valence-corrected chi connectivity index (χ4v) is 1.81. The number of hydrogen-bond donors (Lipinski definition) is 0. The van der Waals surface area contributed by atoms with E-state index in [0.717, 1.165) is 49.9 Å². The topological polar surface area (TPSA) is 18.5 Å². The van der Waals surface area contributed by atoms with Crippen molar-refractivity contribution in [2.45, 2.75) is 52.9 Å². The summed E-state index contributed by atoms with van der Waals surface area (Å²) in [6, 6.07) is 7.95. The van der Waals surface area contributed by atoms with Crippen molar-refractivity contribution >= 4 is 0 Å². The van der Waals surface area contributed by atoms with Crippen LogP contribution in [0.5, 0.6) is 11.5 Å². The third-order valence-corrected chi connectivity index (χ3v) is 3.03. The van der Waals surface area contributed by atoms with Crippen molar-refractivity contribution in [3.8, 4) is 11.5 Å². The van der Waals surface area contributed by atoms with E-state index in [1.807, 2.05) is 24.3 Å². The lowest BCUT2D eigenvalue weighted by Gasteiger charge is -2.09. The van der Waals surface area contributed by atoms with E-state index in [4.69, 9.17) is 9.47 Å². The minimum absolute atomic E-state index is 0.791. The zero-order valence-corrected chi connectivity index (χ0v) is 12.7. The third kappa shape index (κ3) is 7.76. The minimum Gasteiger partial charge on any atom is -0.494 e. The average Bonchev–Trinajstić information content (AvgIpc) is 2.40. The maximum absolute atomic E-state index is 5.71. The molecule has 0 aliphatic heterocycles. The van der Waals surface area contributed by atoms with Gasteiger partial charge in [0.05, 0.1) is 13.2 Å². The van der Waals surface area contributed by atoms with Crippen molar-refractivity contribution in [2.75, 3.05) is 13.2 Å². The largest absolute Gasteiger partial charge is 0.494 e. The molecule has 0 aliphatic rings. The quantitative estimate of drug-likeness (QED) is 0.549. The first-order valence-electron chi connectivity index (χ1n) is 7.58. The van der Waals surface area contributed by atoms with Gasteiger partial charge in [-0.15, -0.1) is 0 Å². The molecule has 0 unspecified atom stereocenters. The number of ether oxygens (including phenoxy) is 2. The van der Waals surface area contributed by atoms with E-state index in [-0.39, 0.29) is 0 Å². The molecule has 108 valence electrons. The average molecular weight is 264 g/mol. The minimum atomic E-state index is 0.791. The van der Waals surface area contributed by atoms with Crippen molar-refractivity contribution in [3.63, 3.8) is 0 Å². The number of benzene rings is 1. The van der Waals surface area contributed by atoms with Crippen molar-refractivity contribution in [3.05, 3.63) is 24.3 Å². The first-order valence-corrected chi connectivity index (χ1v) is 7.58. The van der Waals surface area contributed by atoms with Crippen molar-refractivity contribution in [1.82, 2.24) is 0 Å². The molecule has 19 heavy (non-hydrogen) atoms. The van der Waals surface area contributed by atoms with Crippen LogP contribution in [-0.2, 0) is 0 Å². The molecule has 2 heteroatoms. The number of rotatable bonds is 10. The monoisotopic (exact) mass is 264 g/mol. The number of unbranched alkanes of at least 4 members (excludes halogenated alkanes) is 2. The summed E-state index contributed by atoms with van der Waals surface area (Å²) in [7, 11) is 0. The first-order chi connectivity index (χ1) is 9.22. The molecule has 1 aromatic carbocycles. The van der Waals surface area contributed by atoms with Gasteiger partial charge in [-0.3, -0.25) is 0 Å². The SMILES string of the molecule is CCCCOc1ccc(OCCCCC(C)C)cc1. The van der Waals surface area contributed by atoms with Gasteiger partial charge in [0.25, 0.3) is 0 Å². The molecular formula is C17H28O2. The van der Waals surface area contributed by atoms with Crippen LogP contribution in [0.25, 0.3) is 0 Å². The first kappa shape index (κ1) is 15.9. The van der Waals surface area contributed by atoms with Gasteiger partial charge in [-0.25, -0.2) is 0 Å². The summed E-state index contributed by atoms with van der Waals surface area (Å²) in [5.74, 6) is 2.66. The highest BCUT2D eigenvalue weighted by atomic mass is 16.5. The predicted molar refractivity (Wildman–Crippen MR) is 81.0 cm³/mol. The highest BCUT2D eigenvalue weighted by molar-refractivity contribution is 5.31. The lowest BCUT2D eigenvalue weighted by molar-refractivity contribution is 0.296. The molecule has 0 amide bonds. The van der Waals surface area contributed by atoms with Gasteiger partial charge in [-0.2, -0.15) is 0 Å². The molecule has 1 aromatic rings. The zero-order chi connectivity index (χ0) is 13.9. The smallest absolute Gasteiger partial charge is 0.119 e. The van der Waals surface area contributed by atoms with Gasteiger partial charge in [0.1, 0.15) is 11.5 Å². The Morgan fingerprint density at radius 1 is 0.842 bits per heavy atom. The molecule has 0 bridgehead atoms. The van der Waals surface area contributed by atoms with E-state index in [1.165, 1.54) is 12.8 Å². The Labute approximate surface area is 118 Å². The van der Waals surface area contributed by atoms with Gasteiger partial charge in [-0.1, -0.05) is 33.6 Å². The molecule has 0 radical (unpaired) electrons. The summed E-state index contributed by atoms with van der Waals surface area (Å²) in [6.45, 7) is 8.30. The second kappa shape index (κ2) is 9.71. The summed E-state index contributed by atoms with van der Waals surface area (Å²) in [5, 5.41) is 0. The Morgan fingerprint density at radius 2 is 1.37 bits per heavy atom. The van der Waals surface area contributed by atoms with Crippen molar-refractivity contribution in [2.24, 2.45) is 5.92 Å². The molecule has 0 fully saturated rings. The van der Waals surface area contributed by atoms with E-state index < -0.39 is 0 Å². The lowest BCUT2D eigenvalue weighted by atomic mass is 10.1. The highest BCUT2D eigenvalue weighted by Crippen LogP contribution is 2.18.